The first-order chi connectivity index (χ1) is 8.77. The van der Waals surface area contributed by atoms with Crippen LogP contribution in [0, 0.1) is 0 Å². The molecule has 0 spiro atoms. The van der Waals surface area contributed by atoms with Crippen molar-refractivity contribution in [3.8, 4) is 0 Å². The van der Waals surface area contributed by atoms with E-state index in [1.165, 1.54) is 12.4 Å². The van der Waals surface area contributed by atoms with Gasteiger partial charge in [0.05, 0.1) is 6.20 Å². The standard InChI is InChI=1S/C13H21N5O/c1-12(2)7-9(8-13(3,4)18-12)16-11(19)10-14-5-6-15-17-10/h5-6,9,18H,7-8H2,1-4H3,(H,16,19). The summed E-state index contributed by atoms with van der Waals surface area (Å²) in [5, 5.41) is 14.0. The first kappa shape index (κ1) is 13.9. The molecule has 2 heterocycles. The molecule has 19 heavy (non-hydrogen) atoms. The van der Waals surface area contributed by atoms with Crippen LogP contribution in [0.1, 0.15) is 51.2 Å². The highest BCUT2D eigenvalue weighted by Crippen LogP contribution is 2.28. The average Bonchev–Trinajstić information content (AvgIpc) is 2.25. The highest BCUT2D eigenvalue weighted by molar-refractivity contribution is 5.90. The van der Waals surface area contributed by atoms with Gasteiger partial charge in [0, 0.05) is 23.3 Å². The van der Waals surface area contributed by atoms with Gasteiger partial charge in [0.25, 0.3) is 5.91 Å². The number of carbonyl (C=O) groups excluding carboxylic acids is 1. The summed E-state index contributed by atoms with van der Waals surface area (Å²) in [6.45, 7) is 8.59. The maximum Gasteiger partial charge on any atom is 0.291 e. The van der Waals surface area contributed by atoms with Crippen molar-refractivity contribution in [2.24, 2.45) is 0 Å². The van der Waals surface area contributed by atoms with Crippen LogP contribution in [0.25, 0.3) is 0 Å². The summed E-state index contributed by atoms with van der Waals surface area (Å²) in [5.74, 6) is -0.136. The zero-order valence-corrected chi connectivity index (χ0v) is 11.9. The Hall–Kier alpha value is -1.56. The minimum absolute atomic E-state index is 0.00447. The predicted octanol–water partition coefficient (Wildman–Crippen LogP) is 0.911. The maximum absolute atomic E-state index is 12.0. The van der Waals surface area contributed by atoms with E-state index in [4.69, 9.17) is 0 Å². The number of carbonyl (C=O) groups is 1. The second-order valence-corrected chi connectivity index (χ2v) is 6.44. The molecule has 0 saturated carbocycles. The summed E-state index contributed by atoms with van der Waals surface area (Å²) in [6, 6.07) is 0.113. The highest BCUT2D eigenvalue weighted by Gasteiger charge is 2.38. The number of rotatable bonds is 2. The number of amides is 1. The first-order valence-corrected chi connectivity index (χ1v) is 6.51. The molecule has 6 nitrogen and oxygen atoms in total. The van der Waals surface area contributed by atoms with E-state index >= 15 is 0 Å². The molecule has 104 valence electrons. The van der Waals surface area contributed by atoms with Crippen molar-refractivity contribution < 1.29 is 4.79 Å². The van der Waals surface area contributed by atoms with Gasteiger partial charge in [-0.05, 0) is 40.5 Å². The summed E-state index contributed by atoms with van der Waals surface area (Å²) >= 11 is 0. The maximum atomic E-state index is 12.0. The fourth-order valence-corrected chi connectivity index (χ4v) is 3.03. The molecule has 0 aromatic carbocycles. The largest absolute Gasteiger partial charge is 0.346 e. The van der Waals surface area contributed by atoms with Crippen molar-refractivity contribution in [1.29, 1.82) is 0 Å². The van der Waals surface area contributed by atoms with Gasteiger partial charge in [0.1, 0.15) is 0 Å². The first-order valence-electron chi connectivity index (χ1n) is 6.51. The lowest BCUT2D eigenvalue weighted by Gasteiger charge is -2.46. The van der Waals surface area contributed by atoms with Crippen LogP contribution in [0.4, 0.5) is 0 Å². The Morgan fingerprint density at radius 1 is 1.26 bits per heavy atom. The van der Waals surface area contributed by atoms with Crippen LogP contribution in [0.3, 0.4) is 0 Å². The number of hydrogen-bond donors (Lipinski definition) is 2. The van der Waals surface area contributed by atoms with Crippen molar-refractivity contribution in [3.63, 3.8) is 0 Å². The van der Waals surface area contributed by atoms with Gasteiger partial charge in [0.15, 0.2) is 0 Å². The van der Waals surface area contributed by atoms with E-state index in [1.54, 1.807) is 0 Å². The Balaban J connectivity index is 2.05. The van der Waals surface area contributed by atoms with E-state index in [0.717, 1.165) is 12.8 Å². The molecule has 1 saturated heterocycles. The van der Waals surface area contributed by atoms with Crippen molar-refractivity contribution in [2.75, 3.05) is 0 Å². The molecule has 6 heteroatoms. The van der Waals surface area contributed by atoms with Crippen molar-refractivity contribution in [3.05, 3.63) is 18.2 Å². The molecule has 1 aromatic rings. The van der Waals surface area contributed by atoms with E-state index in [2.05, 4.69) is 53.5 Å². The second-order valence-electron chi connectivity index (χ2n) is 6.44. The van der Waals surface area contributed by atoms with Gasteiger partial charge in [-0.1, -0.05) is 0 Å². The number of nitrogens with zero attached hydrogens (tertiary/aromatic N) is 3. The fraction of sp³-hybridized carbons (Fsp3) is 0.692. The molecule has 1 aromatic heterocycles. The zero-order valence-electron chi connectivity index (χ0n) is 11.9. The summed E-state index contributed by atoms with van der Waals surface area (Å²) in [4.78, 5) is 16.0. The fourth-order valence-electron chi connectivity index (χ4n) is 3.03. The van der Waals surface area contributed by atoms with Gasteiger partial charge in [-0.15, -0.1) is 5.10 Å². The Morgan fingerprint density at radius 3 is 2.42 bits per heavy atom. The van der Waals surface area contributed by atoms with Crippen molar-refractivity contribution >= 4 is 5.91 Å². The molecular weight excluding hydrogens is 242 g/mol. The molecule has 1 fully saturated rings. The monoisotopic (exact) mass is 263 g/mol. The van der Waals surface area contributed by atoms with Crippen LogP contribution in [0.15, 0.2) is 12.4 Å². The topological polar surface area (TPSA) is 79.8 Å². The lowest BCUT2D eigenvalue weighted by atomic mass is 9.79. The normalized spacial score (nSPS) is 21.9. The highest BCUT2D eigenvalue weighted by atomic mass is 16.2. The van der Waals surface area contributed by atoms with Crippen LogP contribution >= 0.6 is 0 Å². The Kier molecular flexibility index (Phi) is 3.54. The molecule has 0 aliphatic carbocycles. The molecule has 0 bridgehead atoms. The molecule has 2 rings (SSSR count). The Bertz CT molecular complexity index is 441. The van der Waals surface area contributed by atoms with Crippen LogP contribution in [-0.2, 0) is 0 Å². The lowest BCUT2D eigenvalue weighted by molar-refractivity contribution is 0.0861. The second kappa shape index (κ2) is 4.85. The van der Waals surface area contributed by atoms with Crippen LogP contribution in [0.2, 0.25) is 0 Å². The van der Waals surface area contributed by atoms with Crippen LogP contribution < -0.4 is 10.6 Å². The molecule has 2 N–H and O–H groups in total. The molecule has 1 aliphatic rings. The van der Waals surface area contributed by atoms with Gasteiger partial charge in [-0.2, -0.15) is 5.10 Å². The van der Waals surface area contributed by atoms with E-state index in [0.29, 0.717) is 0 Å². The summed E-state index contributed by atoms with van der Waals surface area (Å²) in [6.07, 6.45) is 4.68. The Labute approximate surface area is 113 Å². The SMILES string of the molecule is CC1(C)CC(NC(=O)c2nccnn2)CC(C)(C)N1. The smallest absolute Gasteiger partial charge is 0.291 e. The minimum Gasteiger partial charge on any atom is -0.346 e. The van der Waals surface area contributed by atoms with Crippen LogP contribution in [-0.4, -0.2) is 38.2 Å². The van der Waals surface area contributed by atoms with Crippen molar-refractivity contribution in [1.82, 2.24) is 25.8 Å². The van der Waals surface area contributed by atoms with Gasteiger partial charge in [-0.25, -0.2) is 4.98 Å². The number of aromatic nitrogens is 3. The predicted molar refractivity (Wildman–Crippen MR) is 71.6 cm³/mol. The summed E-state index contributed by atoms with van der Waals surface area (Å²) in [7, 11) is 0. The van der Waals surface area contributed by atoms with Gasteiger partial charge in [0.2, 0.25) is 5.82 Å². The van der Waals surface area contributed by atoms with Crippen LogP contribution in [0.5, 0.6) is 0 Å². The summed E-state index contributed by atoms with van der Waals surface area (Å²) in [5.41, 5.74) is -0.00895. The lowest BCUT2D eigenvalue weighted by Crippen LogP contribution is -2.62. The van der Waals surface area contributed by atoms with E-state index in [9.17, 15) is 4.79 Å². The third kappa shape index (κ3) is 3.70. The third-order valence-corrected chi connectivity index (χ3v) is 3.21. The molecule has 1 aliphatic heterocycles. The molecule has 0 atom stereocenters. The zero-order chi connectivity index (χ0) is 14.1. The Morgan fingerprint density at radius 2 is 1.89 bits per heavy atom. The molecule has 0 radical (unpaired) electrons. The molecule has 1 amide bonds. The minimum atomic E-state index is -0.258. The molecular formula is C13H21N5O. The summed E-state index contributed by atoms with van der Waals surface area (Å²) < 4.78 is 0. The van der Waals surface area contributed by atoms with E-state index in [1.807, 2.05) is 0 Å². The molecule has 0 unspecified atom stereocenters. The van der Waals surface area contributed by atoms with Crippen molar-refractivity contribution in [2.45, 2.75) is 57.7 Å². The van der Waals surface area contributed by atoms with E-state index in [-0.39, 0.29) is 28.9 Å². The average molecular weight is 263 g/mol. The van der Waals surface area contributed by atoms with Gasteiger partial charge < -0.3 is 10.6 Å². The van der Waals surface area contributed by atoms with E-state index < -0.39 is 0 Å². The number of hydrogen-bond acceptors (Lipinski definition) is 5. The number of piperidine rings is 1. The van der Waals surface area contributed by atoms with Gasteiger partial charge in [-0.3, -0.25) is 4.79 Å². The third-order valence-electron chi connectivity index (χ3n) is 3.21. The number of nitrogens with one attached hydrogen (secondary N) is 2. The quantitative estimate of drug-likeness (QED) is 0.829. The van der Waals surface area contributed by atoms with Gasteiger partial charge >= 0.3 is 0 Å².